The highest BCUT2D eigenvalue weighted by Crippen LogP contribution is 2.19. The van der Waals surface area contributed by atoms with Gasteiger partial charge in [0, 0.05) is 17.1 Å². The van der Waals surface area contributed by atoms with Gasteiger partial charge in [0.25, 0.3) is 5.91 Å². The van der Waals surface area contributed by atoms with Gasteiger partial charge in [-0.15, -0.1) is 0 Å². The minimum Gasteiger partial charge on any atom is -0.508 e. The van der Waals surface area contributed by atoms with Crippen LogP contribution in [0.1, 0.15) is 9.67 Å². The molecule has 0 aliphatic rings. The summed E-state index contributed by atoms with van der Waals surface area (Å²) in [6.07, 6.45) is 0. The predicted octanol–water partition coefficient (Wildman–Crippen LogP) is 3.22. The largest absolute Gasteiger partial charge is 0.508 e. The van der Waals surface area contributed by atoms with Crippen LogP contribution < -0.4 is 10.1 Å². The van der Waals surface area contributed by atoms with E-state index in [1.807, 2.05) is 6.07 Å². The van der Waals surface area contributed by atoms with Crippen molar-refractivity contribution < 1.29 is 9.90 Å². The van der Waals surface area contributed by atoms with Crippen LogP contribution in [0, 0.1) is 0 Å². The number of benzene rings is 2. The minimum atomic E-state index is -0.367. The number of hydrogen-bond donors (Lipinski definition) is 2. The maximum absolute atomic E-state index is 12.2. The van der Waals surface area contributed by atoms with Crippen molar-refractivity contribution in [3.63, 3.8) is 0 Å². The van der Waals surface area contributed by atoms with Gasteiger partial charge in [-0.05, 0) is 29.7 Å². The van der Waals surface area contributed by atoms with E-state index in [1.165, 1.54) is 12.1 Å². The highest BCUT2D eigenvalue weighted by Gasteiger charge is 2.10. The molecule has 4 nitrogen and oxygen atoms in total. The zero-order valence-electron chi connectivity index (χ0n) is 10.9. The lowest BCUT2D eigenvalue weighted by Gasteiger charge is -2.05. The zero-order valence-corrected chi connectivity index (χ0v) is 11.7. The third-order valence-electron chi connectivity index (χ3n) is 3.00. The molecule has 0 radical (unpaired) electrons. The molecule has 0 aliphatic carbocycles. The number of nitrogens with one attached hydrogen (secondary N) is 1. The summed E-state index contributed by atoms with van der Waals surface area (Å²) in [5.41, 5.74) is 0.479. The fourth-order valence-electron chi connectivity index (χ4n) is 2.02. The minimum absolute atomic E-state index is 0.0690. The molecule has 2 N–H and O–H groups in total. The van der Waals surface area contributed by atoms with E-state index < -0.39 is 0 Å². The van der Waals surface area contributed by atoms with Crippen LogP contribution in [-0.2, 0) is 0 Å². The number of carbonyl (C=O) groups excluding carboxylic acids is 1. The van der Waals surface area contributed by atoms with Gasteiger partial charge in [-0.3, -0.25) is 9.59 Å². The molecule has 0 fully saturated rings. The molecule has 0 aliphatic heterocycles. The van der Waals surface area contributed by atoms with E-state index in [1.54, 1.807) is 36.4 Å². The summed E-state index contributed by atoms with van der Waals surface area (Å²) < 4.78 is -0.144. The first-order valence-electron chi connectivity index (χ1n) is 6.27. The van der Waals surface area contributed by atoms with E-state index in [9.17, 15) is 14.7 Å². The topological polar surface area (TPSA) is 66.4 Å². The van der Waals surface area contributed by atoms with Gasteiger partial charge in [-0.1, -0.05) is 35.6 Å². The Kier molecular flexibility index (Phi) is 3.41. The second kappa shape index (κ2) is 5.38. The molecule has 0 saturated carbocycles. The lowest BCUT2D eigenvalue weighted by Crippen LogP contribution is -2.12. The number of rotatable bonds is 2. The summed E-state index contributed by atoms with van der Waals surface area (Å²) in [4.78, 5) is 24.5. The molecule has 1 aromatic heterocycles. The van der Waals surface area contributed by atoms with Gasteiger partial charge in [0.05, 0.1) is 4.88 Å². The molecular weight excluding hydrogens is 286 g/mol. The maximum Gasteiger partial charge on any atom is 0.265 e. The Morgan fingerprint density at radius 3 is 2.67 bits per heavy atom. The van der Waals surface area contributed by atoms with Crippen molar-refractivity contribution in [2.45, 2.75) is 0 Å². The molecule has 0 atom stereocenters. The average Bonchev–Trinajstić information content (AvgIpc) is 2.47. The molecule has 3 rings (SSSR count). The standard InChI is InChI=1S/C16H11NO3S/c18-12-6-3-5-11(9-12)17-15(19)14-8-10-4-1-2-7-13(10)16(20)21-14/h1-9,18H,(H,17,19). The van der Waals surface area contributed by atoms with Crippen LogP contribution in [-0.4, -0.2) is 11.0 Å². The molecule has 2 aromatic carbocycles. The number of phenolic OH excluding ortho intramolecular Hbond substituents is 1. The Hall–Kier alpha value is -2.66. The number of fused-ring (bicyclic) bond motifs is 1. The van der Waals surface area contributed by atoms with Gasteiger partial charge >= 0.3 is 0 Å². The Bertz CT molecular complexity index is 886. The summed E-state index contributed by atoms with van der Waals surface area (Å²) in [6.45, 7) is 0. The van der Waals surface area contributed by atoms with E-state index in [-0.39, 0.29) is 16.4 Å². The monoisotopic (exact) mass is 297 g/mol. The summed E-state index contributed by atoms with van der Waals surface area (Å²) in [6, 6.07) is 15.1. The Balaban J connectivity index is 1.96. The lowest BCUT2D eigenvalue weighted by atomic mass is 10.2. The predicted molar refractivity (Wildman–Crippen MR) is 84.2 cm³/mol. The summed E-state index contributed by atoms with van der Waals surface area (Å²) in [5, 5.41) is 13.4. The van der Waals surface area contributed by atoms with Crippen LogP contribution in [0.5, 0.6) is 5.75 Å². The fourth-order valence-corrected chi connectivity index (χ4v) is 2.85. The fraction of sp³-hybridized carbons (Fsp3) is 0. The van der Waals surface area contributed by atoms with Crippen molar-refractivity contribution in [2.24, 2.45) is 0 Å². The van der Waals surface area contributed by atoms with E-state index in [2.05, 4.69) is 5.32 Å². The number of amides is 1. The van der Waals surface area contributed by atoms with Gasteiger partial charge in [0.1, 0.15) is 5.75 Å². The normalized spacial score (nSPS) is 10.5. The van der Waals surface area contributed by atoms with Gasteiger partial charge in [-0.25, -0.2) is 0 Å². The smallest absolute Gasteiger partial charge is 0.265 e. The first kappa shape index (κ1) is 13.3. The van der Waals surface area contributed by atoms with E-state index in [0.717, 1.165) is 16.7 Å². The average molecular weight is 297 g/mol. The van der Waals surface area contributed by atoms with Crippen LogP contribution in [0.15, 0.2) is 59.4 Å². The first-order chi connectivity index (χ1) is 10.1. The first-order valence-corrected chi connectivity index (χ1v) is 7.08. The lowest BCUT2D eigenvalue weighted by molar-refractivity contribution is 0.103. The zero-order chi connectivity index (χ0) is 14.8. The Morgan fingerprint density at radius 2 is 1.86 bits per heavy atom. The van der Waals surface area contributed by atoms with E-state index in [4.69, 9.17) is 0 Å². The molecule has 0 unspecified atom stereocenters. The van der Waals surface area contributed by atoms with Crippen molar-refractivity contribution in [2.75, 3.05) is 5.32 Å². The number of carbonyl (C=O) groups is 1. The highest BCUT2D eigenvalue weighted by atomic mass is 32.1. The molecule has 3 aromatic rings. The van der Waals surface area contributed by atoms with Crippen LogP contribution in [0.3, 0.4) is 0 Å². The van der Waals surface area contributed by atoms with Crippen LogP contribution >= 0.6 is 11.3 Å². The molecule has 104 valence electrons. The van der Waals surface area contributed by atoms with Gasteiger partial charge in [0.2, 0.25) is 4.74 Å². The van der Waals surface area contributed by atoms with E-state index >= 15 is 0 Å². The SMILES string of the molecule is O=C(Nc1cccc(O)c1)c1cc2ccccc2c(=O)s1. The molecule has 21 heavy (non-hydrogen) atoms. The van der Waals surface area contributed by atoms with Crippen LogP contribution in [0.4, 0.5) is 5.69 Å². The summed E-state index contributed by atoms with van der Waals surface area (Å²) in [5.74, 6) is -0.298. The van der Waals surface area contributed by atoms with Crippen molar-refractivity contribution in [1.82, 2.24) is 0 Å². The quantitative estimate of drug-likeness (QED) is 0.763. The second-order valence-corrected chi connectivity index (χ2v) is 5.50. The van der Waals surface area contributed by atoms with Gasteiger partial charge < -0.3 is 10.4 Å². The van der Waals surface area contributed by atoms with Crippen molar-refractivity contribution in [3.05, 3.63) is 69.0 Å². The number of hydrogen-bond acceptors (Lipinski definition) is 4. The third-order valence-corrected chi connectivity index (χ3v) is 3.93. The Morgan fingerprint density at radius 1 is 1.05 bits per heavy atom. The van der Waals surface area contributed by atoms with Crippen molar-refractivity contribution in [3.8, 4) is 5.75 Å². The molecule has 5 heteroatoms. The Labute approximate surface area is 124 Å². The van der Waals surface area contributed by atoms with Crippen LogP contribution in [0.25, 0.3) is 10.8 Å². The molecule has 1 amide bonds. The summed E-state index contributed by atoms with van der Waals surface area (Å²) in [7, 11) is 0. The second-order valence-electron chi connectivity index (χ2n) is 4.49. The van der Waals surface area contributed by atoms with Gasteiger partial charge in [0.15, 0.2) is 0 Å². The molecular formula is C16H11NO3S. The number of aromatic hydroxyl groups is 1. The molecule has 0 spiro atoms. The third kappa shape index (κ3) is 2.78. The van der Waals surface area contributed by atoms with Gasteiger partial charge in [-0.2, -0.15) is 0 Å². The van der Waals surface area contributed by atoms with Crippen molar-refractivity contribution in [1.29, 1.82) is 0 Å². The number of phenols is 1. The highest BCUT2D eigenvalue weighted by molar-refractivity contribution is 7.12. The number of anilines is 1. The maximum atomic E-state index is 12.2. The molecule has 0 saturated heterocycles. The van der Waals surface area contributed by atoms with E-state index in [0.29, 0.717) is 16.0 Å². The molecule has 1 heterocycles. The molecule has 0 bridgehead atoms. The summed E-state index contributed by atoms with van der Waals surface area (Å²) >= 11 is 0.908. The van der Waals surface area contributed by atoms with Crippen molar-refractivity contribution >= 4 is 33.7 Å². The van der Waals surface area contributed by atoms with Crippen LogP contribution in [0.2, 0.25) is 0 Å².